The van der Waals surface area contributed by atoms with Crippen molar-refractivity contribution in [3.63, 3.8) is 0 Å². The molecule has 0 aliphatic heterocycles. The van der Waals surface area contributed by atoms with E-state index in [1.807, 2.05) is 0 Å². The average molecular weight is 424 g/mol. The van der Waals surface area contributed by atoms with E-state index in [0.29, 0.717) is 0 Å². The Hall–Kier alpha value is -1.20. The first-order chi connectivity index (χ1) is 9.48. The number of alkyl halides is 7. The van der Waals surface area contributed by atoms with E-state index < -0.39 is 27.4 Å². The van der Waals surface area contributed by atoms with Crippen molar-refractivity contribution in [1.82, 2.24) is 9.97 Å². The predicted molar refractivity (Wildman–Crippen MR) is 67.2 cm³/mol. The third kappa shape index (κ3) is 2.53. The van der Waals surface area contributed by atoms with E-state index in [1.54, 1.807) is 0 Å². The molecular formula is C11H4F7IN2. The van der Waals surface area contributed by atoms with E-state index in [1.165, 1.54) is 18.2 Å². The molecular weight excluding hydrogens is 420 g/mol. The molecule has 0 aliphatic rings. The fraction of sp³-hybridized carbons (Fsp3) is 0.273. The summed E-state index contributed by atoms with van der Waals surface area (Å²) in [5, 5.41) is 0. The molecule has 0 unspecified atom stereocenters. The number of benzene rings is 1. The standard InChI is InChI=1S/C11H4F7IN2/c12-9(10(13,14)15,11(16,17)18)7-8(19)21-6-4-2-1-3-5(6)20-7/h1-4H. The highest BCUT2D eigenvalue weighted by atomic mass is 127. The minimum atomic E-state index is -6.21. The zero-order valence-electron chi connectivity index (χ0n) is 9.73. The number of hydrogen-bond acceptors (Lipinski definition) is 2. The molecule has 1 aromatic carbocycles. The molecule has 1 heterocycles. The average Bonchev–Trinajstić information content (AvgIpc) is 2.34. The number of hydrogen-bond donors (Lipinski definition) is 0. The lowest BCUT2D eigenvalue weighted by Crippen LogP contribution is -2.51. The van der Waals surface area contributed by atoms with Gasteiger partial charge in [-0.25, -0.2) is 14.4 Å². The van der Waals surface area contributed by atoms with Crippen LogP contribution >= 0.6 is 22.6 Å². The molecule has 0 aliphatic carbocycles. The highest BCUT2D eigenvalue weighted by molar-refractivity contribution is 14.1. The molecule has 0 N–H and O–H groups in total. The van der Waals surface area contributed by atoms with Gasteiger partial charge in [0.2, 0.25) is 0 Å². The van der Waals surface area contributed by atoms with Crippen molar-refractivity contribution in [2.75, 3.05) is 0 Å². The van der Waals surface area contributed by atoms with Gasteiger partial charge in [0.05, 0.1) is 11.0 Å². The van der Waals surface area contributed by atoms with Crippen LogP contribution in [0.3, 0.4) is 0 Å². The summed E-state index contributed by atoms with van der Waals surface area (Å²) in [5.74, 6) is 0. The summed E-state index contributed by atoms with van der Waals surface area (Å²) >= 11 is 1.10. The third-order valence-electron chi connectivity index (χ3n) is 2.64. The molecule has 0 spiro atoms. The maximum atomic E-state index is 14.0. The summed E-state index contributed by atoms with van der Waals surface area (Å²) in [7, 11) is 0. The first-order valence-corrected chi connectivity index (χ1v) is 6.31. The summed E-state index contributed by atoms with van der Waals surface area (Å²) in [4.78, 5) is 6.75. The highest BCUT2D eigenvalue weighted by Gasteiger charge is 2.75. The molecule has 0 fully saturated rings. The van der Waals surface area contributed by atoms with Crippen LogP contribution in [0.1, 0.15) is 5.69 Å². The molecule has 0 saturated carbocycles. The first-order valence-electron chi connectivity index (χ1n) is 5.23. The molecule has 2 nitrogen and oxygen atoms in total. The Morgan fingerprint density at radius 1 is 0.762 bits per heavy atom. The lowest BCUT2D eigenvalue weighted by Gasteiger charge is -2.29. The normalized spacial score (nSPS) is 13.7. The van der Waals surface area contributed by atoms with Crippen LogP contribution < -0.4 is 0 Å². The van der Waals surface area contributed by atoms with E-state index in [2.05, 4.69) is 9.97 Å². The van der Waals surface area contributed by atoms with Gasteiger partial charge in [-0.1, -0.05) is 12.1 Å². The van der Waals surface area contributed by atoms with Gasteiger partial charge < -0.3 is 0 Å². The van der Waals surface area contributed by atoms with Crippen LogP contribution in [0.15, 0.2) is 24.3 Å². The molecule has 0 bridgehead atoms. The lowest BCUT2D eigenvalue weighted by molar-refractivity contribution is -0.350. The Bertz CT molecular complexity index is 666. The zero-order chi connectivity index (χ0) is 16.1. The second kappa shape index (κ2) is 4.92. The predicted octanol–water partition coefficient (Wildman–Crippen LogP) is 4.52. The van der Waals surface area contributed by atoms with Crippen LogP contribution in [0, 0.1) is 3.70 Å². The van der Waals surface area contributed by atoms with E-state index in [0.717, 1.165) is 28.7 Å². The Morgan fingerprint density at radius 3 is 1.62 bits per heavy atom. The molecule has 114 valence electrons. The summed E-state index contributed by atoms with van der Waals surface area (Å²) in [5.41, 5.74) is -7.57. The van der Waals surface area contributed by atoms with E-state index in [9.17, 15) is 30.7 Å². The van der Waals surface area contributed by atoms with E-state index >= 15 is 0 Å². The van der Waals surface area contributed by atoms with Crippen molar-refractivity contribution in [2.45, 2.75) is 18.0 Å². The summed E-state index contributed by atoms with van der Waals surface area (Å²) in [6.45, 7) is 0. The smallest absolute Gasteiger partial charge is 0.244 e. The number of halogens is 8. The molecule has 0 radical (unpaired) electrons. The van der Waals surface area contributed by atoms with E-state index in [-0.39, 0.29) is 11.0 Å². The van der Waals surface area contributed by atoms with Crippen molar-refractivity contribution >= 4 is 33.6 Å². The van der Waals surface area contributed by atoms with Crippen LogP contribution in [-0.4, -0.2) is 22.3 Å². The van der Waals surface area contributed by atoms with Crippen molar-refractivity contribution in [3.05, 3.63) is 33.7 Å². The molecule has 1 aromatic heterocycles. The van der Waals surface area contributed by atoms with Gasteiger partial charge in [-0.15, -0.1) is 0 Å². The van der Waals surface area contributed by atoms with Gasteiger partial charge in [0.25, 0.3) is 0 Å². The molecule has 21 heavy (non-hydrogen) atoms. The van der Waals surface area contributed by atoms with Crippen molar-refractivity contribution in [2.24, 2.45) is 0 Å². The Labute approximate surface area is 126 Å². The molecule has 2 rings (SSSR count). The highest BCUT2D eigenvalue weighted by Crippen LogP contribution is 2.53. The third-order valence-corrected chi connectivity index (χ3v) is 3.39. The van der Waals surface area contributed by atoms with Crippen molar-refractivity contribution in [1.29, 1.82) is 0 Å². The Kier molecular flexibility index (Phi) is 3.79. The number of para-hydroxylation sites is 2. The SMILES string of the molecule is FC(F)(F)C(F)(c1nc2ccccc2nc1I)C(F)(F)F. The van der Waals surface area contributed by atoms with Crippen molar-refractivity contribution < 1.29 is 30.7 Å². The van der Waals surface area contributed by atoms with Crippen LogP contribution in [0.5, 0.6) is 0 Å². The van der Waals surface area contributed by atoms with Gasteiger partial charge in [-0.05, 0) is 34.7 Å². The van der Waals surface area contributed by atoms with Gasteiger partial charge in [0.1, 0.15) is 9.39 Å². The van der Waals surface area contributed by atoms with Crippen LogP contribution in [-0.2, 0) is 5.67 Å². The van der Waals surface area contributed by atoms with Gasteiger partial charge in [-0.3, -0.25) is 0 Å². The Balaban J connectivity index is 2.81. The first kappa shape index (κ1) is 16.2. The monoisotopic (exact) mass is 424 g/mol. The summed E-state index contributed by atoms with van der Waals surface area (Å²) in [6.07, 6.45) is -12.4. The minimum absolute atomic E-state index is 0.0670. The van der Waals surface area contributed by atoms with Gasteiger partial charge in [0, 0.05) is 0 Å². The topological polar surface area (TPSA) is 25.8 Å². The zero-order valence-corrected chi connectivity index (χ0v) is 11.9. The molecule has 2 aromatic rings. The number of fused-ring (bicyclic) bond motifs is 1. The lowest BCUT2D eigenvalue weighted by atomic mass is 10.0. The van der Waals surface area contributed by atoms with Crippen LogP contribution in [0.2, 0.25) is 0 Å². The van der Waals surface area contributed by atoms with Gasteiger partial charge in [0.15, 0.2) is 0 Å². The minimum Gasteiger partial charge on any atom is -0.244 e. The number of aromatic nitrogens is 2. The van der Waals surface area contributed by atoms with Crippen LogP contribution in [0.4, 0.5) is 30.7 Å². The molecule has 10 heteroatoms. The molecule has 0 atom stereocenters. The van der Waals surface area contributed by atoms with Crippen molar-refractivity contribution in [3.8, 4) is 0 Å². The number of nitrogens with zero attached hydrogens (tertiary/aromatic N) is 2. The van der Waals surface area contributed by atoms with Gasteiger partial charge in [-0.2, -0.15) is 26.3 Å². The second-order valence-electron chi connectivity index (χ2n) is 4.01. The maximum absolute atomic E-state index is 14.0. The number of rotatable bonds is 1. The van der Waals surface area contributed by atoms with Gasteiger partial charge >= 0.3 is 18.0 Å². The quantitative estimate of drug-likeness (QED) is 0.497. The molecule has 0 amide bonds. The second-order valence-corrected chi connectivity index (χ2v) is 5.03. The molecule has 0 saturated heterocycles. The Morgan fingerprint density at radius 2 is 1.19 bits per heavy atom. The largest absolute Gasteiger partial charge is 0.437 e. The fourth-order valence-corrected chi connectivity index (χ4v) is 2.38. The maximum Gasteiger partial charge on any atom is 0.437 e. The summed E-state index contributed by atoms with van der Waals surface area (Å²) < 4.78 is 89.4. The van der Waals surface area contributed by atoms with Crippen LogP contribution in [0.25, 0.3) is 11.0 Å². The fourth-order valence-electron chi connectivity index (χ4n) is 1.63. The summed E-state index contributed by atoms with van der Waals surface area (Å²) in [6, 6.07) is 5.31. The van der Waals surface area contributed by atoms with E-state index in [4.69, 9.17) is 0 Å².